The summed E-state index contributed by atoms with van der Waals surface area (Å²) in [6.45, 7) is 5.55. The number of rotatable bonds is 5. The Bertz CT molecular complexity index is 572. The van der Waals surface area contributed by atoms with Crippen LogP contribution in [0.5, 0.6) is 0 Å². The van der Waals surface area contributed by atoms with E-state index in [1.807, 2.05) is 26.0 Å². The van der Waals surface area contributed by atoms with Gasteiger partial charge in [-0.3, -0.25) is 14.4 Å². The van der Waals surface area contributed by atoms with Crippen molar-refractivity contribution in [3.63, 3.8) is 0 Å². The number of Topliss-reactive ketones (excluding diaryl/α,β-unsaturated/α-hetero) is 1. The molecule has 0 bridgehead atoms. The van der Waals surface area contributed by atoms with Gasteiger partial charge in [0, 0.05) is 31.1 Å². The van der Waals surface area contributed by atoms with Crippen LogP contribution >= 0.6 is 0 Å². The SMILES string of the molecule is CCCNC(=O)C1CCN(C(=O)C(=O)c2ccc(C)cc2)CC1. The number of carbonyl (C=O) groups is 3. The zero-order chi connectivity index (χ0) is 16.8. The first kappa shape index (κ1) is 17.2. The number of hydrogen-bond acceptors (Lipinski definition) is 3. The van der Waals surface area contributed by atoms with Crippen LogP contribution in [0.15, 0.2) is 24.3 Å². The molecule has 0 radical (unpaired) electrons. The molecule has 1 saturated heterocycles. The molecule has 5 heteroatoms. The van der Waals surface area contributed by atoms with Crippen LogP contribution in [0.1, 0.15) is 42.1 Å². The number of likely N-dealkylation sites (tertiary alicyclic amines) is 1. The lowest BCUT2D eigenvalue weighted by atomic mass is 9.95. The van der Waals surface area contributed by atoms with Gasteiger partial charge in [-0.25, -0.2) is 0 Å². The highest BCUT2D eigenvalue weighted by atomic mass is 16.2. The number of nitrogens with zero attached hydrogens (tertiary/aromatic N) is 1. The Morgan fingerprint density at radius 3 is 2.30 bits per heavy atom. The molecule has 0 spiro atoms. The number of piperidine rings is 1. The molecule has 0 aliphatic carbocycles. The summed E-state index contributed by atoms with van der Waals surface area (Å²) < 4.78 is 0. The Morgan fingerprint density at radius 1 is 1.13 bits per heavy atom. The fraction of sp³-hybridized carbons (Fsp3) is 0.500. The van der Waals surface area contributed by atoms with Crippen molar-refractivity contribution >= 4 is 17.6 Å². The summed E-state index contributed by atoms with van der Waals surface area (Å²) in [5, 5.41) is 2.89. The van der Waals surface area contributed by atoms with Crippen molar-refractivity contribution in [3.05, 3.63) is 35.4 Å². The van der Waals surface area contributed by atoms with Crippen LogP contribution in [-0.2, 0) is 9.59 Å². The standard InChI is InChI=1S/C18H24N2O3/c1-3-10-19-17(22)15-8-11-20(12-9-15)18(23)16(21)14-6-4-13(2)5-7-14/h4-7,15H,3,8-12H2,1-2H3,(H,19,22). The van der Waals surface area contributed by atoms with Gasteiger partial charge in [0.15, 0.2) is 0 Å². The van der Waals surface area contributed by atoms with E-state index in [4.69, 9.17) is 0 Å². The van der Waals surface area contributed by atoms with Gasteiger partial charge in [-0.15, -0.1) is 0 Å². The van der Waals surface area contributed by atoms with Crippen LogP contribution in [0.2, 0.25) is 0 Å². The third-order valence-electron chi connectivity index (χ3n) is 4.21. The second kappa shape index (κ2) is 7.90. The summed E-state index contributed by atoms with van der Waals surface area (Å²) in [4.78, 5) is 38.0. The van der Waals surface area contributed by atoms with Gasteiger partial charge in [-0.05, 0) is 26.2 Å². The summed E-state index contributed by atoms with van der Waals surface area (Å²) in [6.07, 6.45) is 2.14. The van der Waals surface area contributed by atoms with Crippen molar-refractivity contribution in [1.82, 2.24) is 10.2 Å². The molecule has 0 atom stereocenters. The molecule has 5 nitrogen and oxygen atoms in total. The number of aryl methyl sites for hydroxylation is 1. The minimum absolute atomic E-state index is 0.0555. The maximum absolute atomic E-state index is 12.3. The average molecular weight is 316 g/mol. The van der Waals surface area contributed by atoms with Gasteiger partial charge in [0.1, 0.15) is 0 Å². The summed E-state index contributed by atoms with van der Waals surface area (Å²) >= 11 is 0. The molecule has 0 saturated carbocycles. The molecule has 1 aromatic rings. The fourth-order valence-electron chi connectivity index (χ4n) is 2.71. The van der Waals surface area contributed by atoms with Gasteiger partial charge in [0.05, 0.1) is 0 Å². The Hall–Kier alpha value is -2.17. The van der Waals surface area contributed by atoms with E-state index in [2.05, 4.69) is 5.32 Å². The van der Waals surface area contributed by atoms with Gasteiger partial charge in [0.25, 0.3) is 5.91 Å². The quantitative estimate of drug-likeness (QED) is 0.667. The fourth-order valence-corrected chi connectivity index (χ4v) is 2.71. The molecular formula is C18H24N2O3. The molecule has 2 amide bonds. The predicted molar refractivity (Wildman–Crippen MR) is 88.1 cm³/mol. The van der Waals surface area contributed by atoms with Gasteiger partial charge >= 0.3 is 0 Å². The van der Waals surface area contributed by atoms with Gasteiger partial charge in [0.2, 0.25) is 11.7 Å². The molecular weight excluding hydrogens is 292 g/mol. The van der Waals surface area contributed by atoms with Crippen molar-refractivity contribution in [2.24, 2.45) is 5.92 Å². The van der Waals surface area contributed by atoms with Crippen molar-refractivity contribution in [3.8, 4) is 0 Å². The molecule has 1 fully saturated rings. The normalized spacial score (nSPS) is 15.3. The third-order valence-corrected chi connectivity index (χ3v) is 4.21. The minimum atomic E-state index is -0.473. The van der Waals surface area contributed by atoms with Gasteiger partial charge < -0.3 is 10.2 Å². The first-order chi connectivity index (χ1) is 11.0. The smallest absolute Gasteiger partial charge is 0.294 e. The Labute approximate surface area is 137 Å². The highest BCUT2D eigenvalue weighted by Gasteiger charge is 2.30. The maximum Gasteiger partial charge on any atom is 0.294 e. The second-order valence-corrected chi connectivity index (χ2v) is 6.05. The van der Waals surface area contributed by atoms with Crippen LogP contribution < -0.4 is 5.32 Å². The Balaban J connectivity index is 1.89. The maximum atomic E-state index is 12.3. The Morgan fingerprint density at radius 2 is 1.74 bits per heavy atom. The molecule has 1 aromatic carbocycles. The molecule has 1 aliphatic heterocycles. The van der Waals surface area contributed by atoms with E-state index in [9.17, 15) is 14.4 Å². The second-order valence-electron chi connectivity index (χ2n) is 6.05. The van der Waals surface area contributed by atoms with Crippen LogP contribution in [0, 0.1) is 12.8 Å². The average Bonchev–Trinajstić information content (AvgIpc) is 2.59. The molecule has 23 heavy (non-hydrogen) atoms. The number of carbonyl (C=O) groups excluding carboxylic acids is 3. The largest absolute Gasteiger partial charge is 0.356 e. The van der Waals surface area contributed by atoms with E-state index in [-0.39, 0.29) is 11.8 Å². The summed E-state index contributed by atoms with van der Waals surface area (Å²) in [5.74, 6) is -0.941. The molecule has 1 aliphatic rings. The minimum Gasteiger partial charge on any atom is -0.356 e. The van der Waals surface area contributed by atoms with E-state index in [0.717, 1.165) is 12.0 Å². The van der Waals surface area contributed by atoms with Crippen molar-refractivity contribution in [2.45, 2.75) is 33.1 Å². The van der Waals surface area contributed by atoms with E-state index < -0.39 is 11.7 Å². The molecule has 1 N–H and O–H groups in total. The van der Waals surface area contributed by atoms with Crippen LogP contribution in [0.3, 0.4) is 0 Å². The number of ketones is 1. The topological polar surface area (TPSA) is 66.5 Å². The van der Waals surface area contributed by atoms with Crippen LogP contribution in [0.4, 0.5) is 0 Å². The zero-order valence-electron chi connectivity index (χ0n) is 13.8. The highest BCUT2D eigenvalue weighted by Crippen LogP contribution is 2.18. The number of amides is 2. The lowest BCUT2D eigenvalue weighted by molar-refractivity contribution is -0.132. The van der Waals surface area contributed by atoms with Crippen LogP contribution in [0.25, 0.3) is 0 Å². The van der Waals surface area contributed by atoms with E-state index >= 15 is 0 Å². The van der Waals surface area contributed by atoms with E-state index in [1.165, 1.54) is 0 Å². The summed E-state index contributed by atoms with van der Waals surface area (Å²) in [6, 6.07) is 7.01. The molecule has 0 aromatic heterocycles. The number of hydrogen-bond donors (Lipinski definition) is 1. The van der Waals surface area contributed by atoms with E-state index in [1.54, 1.807) is 17.0 Å². The Kier molecular flexibility index (Phi) is 5.90. The van der Waals surface area contributed by atoms with Crippen molar-refractivity contribution < 1.29 is 14.4 Å². The lowest BCUT2D eigenvalue weighted by Crippen LogP contribution is -2.45. The summed E-state index contributed by atoms with van der Waals surface area (Å²) in [5.41, 5.74) is 1.47. The van der Waals surface area contributed by atoms with Gasteiger partial charge in [-0.1, -0.05) is 36.8 Å². The highest BCUT2D eigenvalue weighted by molar-refractivity contribution is 6.42. The van der Waals surface area contributed by atoms with Crippen molar-refractivity contribution in [1.29, 1.82) is 0 Å². The summed E-state index contributed by atoms with van der Waals surface area (Å²) in [7, 11) is 0. The number of nitrogens with one attached hydrogen (secondary N) is 1. The van der Waals surface area contributed by atoms with E-state index in [0.29, 0.717) is 38.0 Å². The number of benzene rings is 1. The zero-order valence-corrected chi connectivity index (χ0v) is 13.8. The monoisotopic (exact) mass is 316 g/mol. The van der Waals surface area contributed by atoms with Crippen LogP contribution in [-0.4, -0.2) is 42.1 Å². The first-order valence-corrected chi connectivity index (χ1v) is 8.21. The first-order valence-electron chi connectivity index (χ1n) is 8.21. The predicted octanol–water partition coefficient (Wildman–Crippen LogP) is 1.94. The van der Waals surface area contributed by atoms with Crippen molar-refractivity contribution in [2.75, 3.05) is 19.6 Å². The molecule has 1 heterocycles. The lowest BCUT2D eigenvalue weighted by Gasteiger charge is -2.30. The molecule has 0 unspecified atom stereocenters. The molecule has 124 valence electrons. The third kappa shape index (κ3) is 4.41. The molecule has 2 rings (SSSR count). The van der Waals surface area contributed by atoms with Gasteiger partial charge in [-0.2, -0.15) is 0 Å².